The van der Waals surface area contributed by atoms with Crippen molar-refractivity contribution in [1.82, 2.24) is 10.2 Å². The number of carbonyl (C=O) groups is 1. The SMILES string of the molecule is N#Cc1ccccc1CN1C[C@@H]2[C@H](CNC(=O)c3ccoc3)[C@H]3CC[C@]2(C1)O3. The quantitative estimate of drug-likeness (QED) is 0.866. The fourth-order valence-electron chi connectivity index (χ4n) is 5.39. The minimum atomic E-state index is -0.0941. The first-order chi connectivity index (χ1) is 13.7. The summed E-state index contributed by atoms with van der Waals surface area (Å²) in [5.74, 6) is 0.661. The predicted molar refractivity (Wildman–Crippen MR) is 101 cm³/mol. The van der Waals surface area contributed by atoms with E-state index in [-0.39, 0.29) is 17.6 Å². The second-order valence-electron chi connectivity index (χ2n) is 8.19. The third-order valence-corrected chi connectivity index (χ3v) is 6.67. The monoisotopic (exact) mass is 377 g/mol. The molecule has 0 aliphatic carbocycles. The van der Waals surface area contributed by atoms with E-state index in [1.807, 2.05) is 24.3 Å². The number of hydrogen-bond donors (Lipinski definition) is 1. The number of nitrogens with zero attached hydrogens (tertiary/aromatic N) is 2. The van der Waals surface area contributed by atoms with Gasteiger partial charge in [0.1, 0.15) is 6.26 Å². The molecule has 0 radical (unpaired) electrons. The van der Waals surface area contributed by atoms with E-state index in [0.717, 1.165) is 43.6 Å². The normalized spacial score (nSPS) is 30.9. The molecule has 4 heterocycles. The van der Waals surface area contributed by atoms with E-state index in [9.17, 15) is 10.1 Å². The van der Waals surface area contributed by atoms with Crippen molar-refractivity contribution in [2.24, 2.45) is 11.8 Å². The van der Waals surface area contributed by atoms with E-state index in [0.29, 0.717) is 23.9 Å². The van der Waals surface area contributed by atoms with Crippen LogP contribution in [-0.4, -0.2) is 42.1 Å². The second-order valence-corrected chi connectivity index (χ2v) is 8.19. The lowest BCUT2D eigenvalue weighted by atomic mass is 9.73. The number of furan rings is 1. The zero-order valence-electron chi connectivity index (χ0n) is 15.6. The number of fused-ring (bicyclic) bond motifs is 1. The summed E-state index contributed by atoms with van der Waals surface area (Å²) in [4.78, 5) is 14.7. The molecule has 28 heavy (non-hydrogen) atoms. The van der Waals surface area contributed by atoms with Gasteiger partial charge in [0.2, 0.25) is 0 Å². The van der Waals surface area contributed by atoms with Crippen LogP contribution in [0.2, 0.25) is 0 Å². The minimum absolute atomic E-state index is 0.0860. The predicted octanol–water partition coefficient (Wildman–Crippen LogP) is 2.56. The lowest BCUT2D eigenvalue weighted by Gasteiger charge is -2.29. The molecule has 0 unspecified atom stereocenters. The Morgan fingerprint density at radius 3 is 3.07 bits per heavy atom. The molecule has 1 amide bonds. The van der Waals surface area contributed by atoms with Gasteiger partial charge in [0.15, 0.2) is 0 Å². The van der Waals surface area contributed by atoms with Crippen LogP contribution in [0.4, 0.5) is 0 Å². The van der Waals surface area contributed by atoms with Crippen LogP contribution in [0.5, 0.6) is 0 Å². The second kappa shape index (κ2) is 6.77. The van der Waals surface area contributed by atoms with Crippen molar-refractivity contribution in [3.63, 3.8) is 0 Å². The van der Waals surface area contributed by atoms with Crippen molar-refractivity contribution in [2.45, 2.75) is 31.1 Å². The Kier molecular flexibility index (Phi) is 4.22. The summed E-state index contributed by atoms with van der Waals surface area (Å²) >= 11 is 0. The molecular weight excluding hydrogens is 354 g/mol. The van der Waals surface area contributed by atoms with Gasteiger partial charge in [0, 0.05) is 38.0 Å². The van der Waals surface area contributed by atoms with Crippen LogP contribution in [0.3, 0.4) is 0 Å². The molecule has 3 saturated heterocycles. The first kappa shape index (κ1) is 17.5. The van der Waals surface area contributed by atoms with Crippen LogP contribution < -0.4 is 5.32 Å². The Bertz CT molecular complexity index is 919. The summed E-state index contributed by atoms with van der Waals surface area (Å²) in [6.45, 7) is 3.25. The molecule has 1 N–H and O–H groups in total. The van der Waals surface area contributed by atoms with Gasteiger partial charge < -0.3 is 14.5 Å². The fourth-order valence-corrected chi connectivity index (χ4v) is 5.39. The van der Waals surface area contributed by atoms with Crippen LogP contribution in [0.1, 0.15) is 34.3 Å². The van der Waals surface area contributed by atoms with E-state index in [2.05, 4.69) is 16.3 Å². The Labute approximate surface area is 164 Å². The van der Waals surface area contributed by atoms with Crippen molar-refractivity contribution in [1.29, 1.82) is 5.26 Å². The third-order valence-electron chi connectivity index (χ3n) is 6.67. The van der Waals surface area contributed by atoms with Gasteiger partial charge in [-0.05, 0) is 30.5 Å². The highest BCUT2D eigenvalue weighted by Gasteiger charge is 2.62. The van der Waals surface area contributed by atoms with Gasteiger partial charge in [-0.2, -0.15) is 5.26 Å². The van der Waals surface area contributed by atoms with E-state index < -0.39 is 0 Å². The molecule has 3 aliphatic rings. The lowest BCUT2D eigenvalue weighted by Crippen LogP contribution is -2.41. The molecule has 1 aromatic carbocycles. The average Bonchev–Trinajstić information content (AvgIpc) is 3.47. The topological polar surface area (TPSA) is 78.5 Å². The highest BCUT2D eigenvalue weighted by Crippen LogP contribution is 2.54. The standard InChI is InChI=1S/C22H23N3O3/c23-9-15-3-1-2-4-16(15)11-25-12-19-18(20-5-7-22(19,14-25)28-20)10-24-21(26)17-6-8-27-13-17/h1-4,6,8,13,18-20H,5,7,10-12,14H2,(H,24,26)/t18-,19+,20+,22+/m0/s1. The maximum atomic E-state index is 12.3. The van der Waals surface area contributed by atoms with Gasteiger partial charge in [-0.25, -0.2) is 0 Å². The fraction of sp³-hybridized carbons (Fsp3) is 0.455. The van der Waals surface area contributed by atoms with Crippen molar-refractivity contribution in [3.05, 3.63) is 59.5 Å². The molecular formula is C22H23N3O3. The average molecular weight is 377 g/mol. The summed E-state index contributed by atoms with van der Waals surface area (Å²) in [5, 5.41) is 12.4. The summed E-state index contributed by atoms with van der Waals surface area (Å²) in [6, 6.07) is 11.8. The Morgan fingerprint density at radius 2 is 2.25 bits per heavy atom. The van der Waals surface area contributed by atoms with Crippen LogP contribution in [0.15, 0.2) is 47.3 Å². The third kappa shape index (κ3) is 2.83. The number of nitrogens with one attached hydrogen (secondary N) is 1. The molecule has 3 aliphatic heterocycles. The van der Waals surface area contributed by atoms with Crippen molar-refractivity contribution < 1.29 is 13.9 Å². The number of hydrogen-bond acceptors (Lipinski definition) is 5. The maximum Gasteiger partial charge on any atom is 0.254 e. The molecule has 5 rings (SSSR count). The number of nitriles is 1. The molecule has 0 saturated carbocycles. The van der Waals surface area contributed by atoms with Gasteiger partial charge in [-0.1, -0.05) is 18.2 Å². The number of ether oxygens (including phenoxy) is 1. The number of carbonyl (C=O) groups excluding carboxylic acids is 1. The molecule has 3 fully saturated rings. The Balaban J connectivity index is 1.27. The summed E-state index contributed by atoms with van der Waals surface area (Å²) in [7, 11) is 0. The summed E-state index contributed by atoms with van der Waals surface area (Å²) in [6.07, 6.45) is 5.37. The summed E-state index contributed by atoms with van der Waals surface area (Å²) < 4.78 is 11.5. The molecule has 6 nitrogen and oxygen atoms in total. The number of amides is 1. The Morgan fingerprint density at radius 1 is 1.36 bits per heavy atom. The van der Waals surface area contributed by atoms with E-state index in [4.69, 9.17) is 9.15 Å². The van der Waals surface area contributed by atoms with E-state index in [1.54, 1.807) is 6.07 Å². The van der Waals surface area contributed by atoms with Crippen LogP contribution in [-0.2, 0) is 11.3 Å². The molecule has 2 aromatic rings. The first-order valence-corrected chi connectivity index (χ1v) is 9.87. The lowest BCUT2D eigenvalue weighted by molar-refractivity contribution is 0.00211. The van der Waals surface area contributed by atoms with Crippen LogP contribution in [0, 0.1) is 23.2 Å². The minimum Gasteiger partial charge on any atom is -0.472 e. The number of rotatable bonds is 5. The van der Waals surface area contributed by atoms with Gasteiger partial charge in [-0.3, -0.25) is 9.69 Å². The molecule has 6 heteroatoms. The van der Waals surface area contributed by atoms with Crippen LogP contribution >= 0.6 is 0 Å². The van der Waals surface area contributed by atoms with Crippen molar-refractivity contribution in [2.75, 3.05) is 19.6 Å². The van der Waals surface area contributed by atoms with Gasteiger partial charge >= 0.3 is 0 Å². The summed E-state index contributed by atoms with van der Waals surface area (Å²) in [5.41, 5.74) is 2.28. The Hall–Kier alpha value is -2.62. The number of benzene rings is 1. The van der Waals surface area contributed by atoms with Crippen molar-refractivity contribution >= 4 is 5.91 Å². The van der Waals surface area contributed by atoms with Gasteiger partial charge in [-0.15, -0.1) is 0 Å². The highest BCUT2D eigenvalue weighted by atomic mass is 16.5. The zero-order valence-corrected chi connectivity index (χ0v) is 15.6. The van der Waals surface area contributed by atoms with Gasteiger partial charge in [0.05, 0.1) is 35.2 Å². The molecule has 1 spiro atoms. The molecule has 1 aromatic heterocycles. The number of likely N-dealkylation sites (tertiary alicyclic amines) is 1. The van der Waals surface area contributed by atoms with Gasteiger partial charge in [0.25, 0.3) is 5.91 Å². The first-order valence-electron chi connectivity index (χ1n) is 9.87. The van der Waals surface area contributed by atoms with Crippen LogP contribution in [0.25, 0.3) is 0 Å². The highest BCUT2D eigenvalue weighted by molar-refractivity contribution is 5.93. The van der Waals surface area contributed by atoms with Crippen molar-refractivity contribution in [3.8, 4) is 6.07 Å². The molecule has 2 bridgehead atoms. The molecule has 144 valence electrons. The maximum absolute atomic E-state index is 12.3. The largest absolute Gasteiger partial charge is 0.472 e. The van der Waals surface area contributed by atoms with E-state index in [1.165, 1.54) is 12.5 Å². The van der Waals surface area contributed by atoms with E-state index >= 15 is 0 Å². The smallest absolute Gasteiger partial charge is 0.254 e. The molecule has 4 atom stereocenters. The zero-order chi connectivity index (χ0) is 19.1.